The van der Waals surface area contributed by atoms with Crippen LogP contribution in [-0.4, -0.2) is 28.2 Å². The molecule has 1 heterocycles. The molecule has 1 aliphatic carbocycles. The fourth-order valence-electron chi connectivity index (χ4n) is 3.53. The Morgan fingerprint density at radius 3 is 2.73 bits per heavy atom. The molecule has 4 rings (SSSR count). The molecule has 1 aromatic heterocycles. The molecule has 0 aliphatic heterocycles. The lowest BCUT2D eigenvalue weighted by molar-refractivity contribution is 0.405. The van der Waals surface area contributed by atoms with Gasteiger partial charge in [0.15, 0.2) is 0 Å². The van der Waals surface area contributed by atoms with E-state index in [0.717, 1.165) is 24.3 Å². The maximum atomic E-state index is 9.38. The average molecular weight is 403 g/mol. The van der Waals surface area contributed by atoms with Gasteiger partial charge in [0.05, 0.1) is 30.2 Å². The van der Waals surface area contributed by atoms with Crippen molar-refractivity contribution in [2.45, 2.75) is 25.7 Å². The van der Waals surface area contributed by atoms with Crippen molar-refractivity contribution in [2.24, 2.45) is 7.05 Å². The number of hydrogen-bond donors (Lipinski definition) is 3. The lowest BCUT2D eigenvalue weighted by Crippen LogP contribution is -2.06. The number of nitrogens with one attached hydrogen (secondary N) is 2. The first-order valence-electron chi connectivity index (χ1n) is 9.73. The van der Waals surface area contributed by atoms with E-state index in [1.807, 2.05) is 19.3 Å². The van der Waals surface area contributed by atoms with Gasteiger partial charge in [-0.1, -0.05) is 6.07 Å². The summed E-state index contributed by atoms with van der Waals surface area (Å²) in [6.07, 6.45) is 9.36. The Kier molecular flexibility index (Phi) is 6.71. The first kappa shape index (κ1) is 20.9. The molecule has 0 amide bonds. The van der Waals surface area contributed by atoms with Gasteiger partial charge in [-0.2, -0.15) is 10.4 Å². The molecule has 0 saturated heterocycles. The number of methoxy groups -OCH3 is 1. The molecule has 7 heteroatoms. The van der Waals surface area contributed by atoms with E-state index in [4.69, 9.17) is 15.4 Å². The fraction of sp³-hybridized carbons (Fsp3) is 0.261. The zero-order valence-electron chi connectivity index (χ0n) is 17.1. The summed E-state index contributed by atoms with van der Waals surface area (Å²) in [6, 6.07) is 10.9. The number of rotatable bonds is 4. The van der Waals surface area contributed by atoms with Crippen molar-refractivity contribution < 1.29 is 9.84 Å². The summed E-state index contributed by atoms with van der Waals surface area (Å²) in [6.45, 7) is 0. The second-order valence-electron chi connectivity index (χ2n) is 7.05. The summed E-state index contributed by atoms with van der Waals surface area (Å²) in [5.74, 6) is 0.960. The number of fused-ring (bicyclic) bond motifs is 1. The SMILES string of the molecule is COc1c(C#N)ccc2c1CCCC2.Cn1cc(Nc2cc(O)ccc2C=N)cn1. The van der Waals surface area contributed by atoms with Gasteiger partial charge >= 0.3 is 0 Å². The minimum absolute atomic E-state index is 0.164. The molecule has 0 spiro atoms. The molecule has 0 unspecified atom stereocenters. The summed E-state index contributed by atoms with van der Waals surface area (Å²) in [7, 11) is 3.47. The van der Waals surface area contributed by atoms with Crippen molar-refractivity contribution in [1.82, 2.24) is 9.78 Å². The molecule has 0 bridgehead atoms. The highest BCUT2D eigenvalue weighted by Gasteiger charge is 2.16. The van der Waals surface area contributed by atoms with Crippen molar-refractivity contribution in [3.05, 3.63) is 65.0 Å². The minimum Gasteiger partial charge on any atom is -0.508 e. The van der Waals surface area contributed by atoms with Crippen LogP contribution < -0.4 is 10.1 Å². The number of ether oxygens (including phenoxy) is 1. The van der Waals surface area contributed by atoms with Crippen LogP contribution in [0.3, 0.4) is 0 Å². The molecule has 0 atom stereocenters. The van der Waals surface area contributed by atoms with Crippen LogP contribution in [0.1, 0.15) is 35.1 Å². The van der Waals surface area contributed by atoms with E-state index in [9.17, 15) is 5.11 Å². The standard InChI is InChI=1S/C12H13NO.C11H12N4O/c1-14-12-10(8-13)7-6-9-4-2-3-5-11(9)12;1-15-7-9(6-13-15)14-11-4-10(16)3-2-8(11)5-12/h6-7H,2-5H2,1H3;2-7,12,14,16H,1H3. The normalized spacial score (nSPS) is 12.0. The minimum atomic E-state index is 0.164. The number of aryl methyl sites for hydroxylation is 2. The number of phenols is 1. The number of nitrogens with zero attached hydrogens (tertiary/aromatic N) is 3. The van der Waals surface area contributed by atoms with Crippen LogP contribution in [0.15, 0.2) is 42.7 Å². The van der Waals surface area contributed by atoms with E-state index in [1.165, 1.54) is 30.2 Å². The van der Waals surface area contributed by atoms with Gasteiger partial charge in [0.25, 0.3) is 0 Å². The molecule has 30 heavy (non-hydrogen) atoms. The second-order valence-corrected chi connectivity index (χ2v) is 7.05. The molecule has 0 fully saturated rings. The summed E-state index contributed by atoms with van der Waals surface area (Å²) in [4.78, 5) is 0. The lowest BCUT2D eigenvalue weighted by Gasteiger charge is -2.19. The smallest absolute Gasteiger partial charge is 0.140 e. The molecule has 7 nitrogen and oxygen atoms in total. The van der Waals surface area contributed by atoms with Gasteiger partial charge in [0.2, 0.25) is 0 Å². The van der Waals surface area contributed by atoms with E-state index in [2.05, 4.69) is 22.6 Å². The van der Waals surface area contributed by atoms with Gasteiger partial charge in [0.1, 0.15) is 17.6 Å². The zero-order valence-corrected chi connectivity index (χ0v) is 17.1. The van der Waals surface area contributed by atoms with Crippen LogP contribution in [0.25, 0.3) is 0 Å². The molecule has 1 aliphatic rings. The second kappa shape index (κ2) is 9.61. The maximum absolute atomic E-state index is 9.38. The Balaban J connectivity index is 0.000000172. The van der Waals surface area contributed by atoms with E-state index in [0.29, 0.717) is 16.8 Å². The van der Waals surface area contributed by atoms with Crippen molar-refractivity contribution >= 4 is 17.6 Å². The molecule has 2 aromatic carbocycles. The van der Waals surface area contributed by atoms with E-state index in [1.54, 1.807) is 36.2 Å². The van der Waals surface area contributed by atoms with Gasteiger partial charge < -0.3 is 20.6 Å². The van der Waals surface area contributed by atoms with Crippen LogP contribution in [0, 0.1) is 16.7 Å². The topological polar surface area (TPSA) is 107 Å². The Bertz CT molecular complexity index is 1080. The Morgan fingerprint density at radius 1 is 1.27 bits per heavy atom. The van der Waals surface area contributed by atoms with Gasteiger partial charge in [-0.15, -0.1) is 0 Å². The van der Waals surface area contributed by atoms with Crippen LogP contribution in [0.2, 0.25) is 0 Å². The van der Waals surface area contributed by atoms with Crippen LogP contribution in [0.4, 0.5) is 11.4 Å². The molecule has 0 saturated carbocycles. The predicted octanol–water partition coefficient (Wildman–Crippen LogP) is 4.31. The summed E-state index contributed by atoms with van der Waals surface area (Å²) in [5, 5.41) is 32.7. The van der Waals surface area contributed by atoms with Gasteiger partial charge in [0, 0.05) is 31.1 Å². The molecule has 154 valence electrons. The molecular weight excluding hydrogens is 378 g/mol. The molecular formula is C23H25N5O2. The number of nitriles is 1. The van der Waals surface area contributed by atoms with Crippen LogP contribution in [-0.2, 0) is 19.9 Å². The fourth-order valence-corrected chi connectivity index (χ4v) is 3.53. The Morgan fingerprint density at radius 2 is 2.07 bits per heavy atom. The van der Waals surface area contributed by atoms with Gasteiger partial charge in [-0.3, -0.25) is 4.68 Å². The highest BCUT2D eigenvalue weighted by Crippen LogP contribution is 2.32. The summed E-state index contributed by atoms with van der Waals surface area (Å²) < 4.78 is 6.99. The largest absolute Gasteiger partial charge is 0.508 e. The molecule has 3 N–H and O–H groups in total. The highest BCUT2D eigenvalue weighted by molar-refractivity contribution is 5.87. The zero-order chi connectivity index (χ0) is 21.5. The third kappa shape index (κ3) is 4.78. The lowest BCUT2D eigenvalue weighted by atomic mass is 9.89. The van der Waals surface area contributed by atoms with Crippen molar-refractivity contribution in [2.75, 3.05) is 12.4 Å². The first-order valence-corrected chi connectivity index (χ1v) is 9.73. The number of aromatic nitrogens is 2. The maximum Gasteiger partial charge on any atom is 0.140 e. The number of aromatic hydroxyl groups is 1. The van der Waals surface area contributed by atoms with Crippen molar-refractivity contribution in [3.8, 4) is 17.6 Å². The van der Waals surface area contributed by atoms with Crippen LogP contribution in [0.5, 0.6) is 11.5 Å². The number of hydrogen-bond acceptors (Lipinski definition) is 6. The van der Waals surface area contributed by atoms with Gasteiger partial charge in [-0.05, 0) is 55.0 Å². The molecule has 3 aromatic rings. The van der Waals surface area contributed by atoms with E-state index < -0.39 is 0 Å². The van der Waals surface area contributed by atoms with E-state index >= 15 is 0 Å². The summed E-state index contributed by atoms with van der Waals surface area (Å²) >= 11 is 0. The highest BCUT2D eigenvalue weighted by atomic mass is 16.5. The monoisotopic (exact) mass is 403 g/mol. The van der Waals surface area contributed by atoms with Crippen molar-refractivity contribution in [1.29, 1.82) is 10.7 Å². The molecule has 0 radical (unpaired) electrons. The number of phenolic OH excluding ortho intramolecular Hbond substituents is 1. The average Bonchev–Trinajstić information content (AvgIpc) is 3.18. The third-order valence-corrected chi connectivity index (χ3v) is 4.98. The third-order valence-electron chi connectivity index (χ3n) is 4.98. The van der Waals surface area contributed by atoms with Crippen LogP contribution >= 0.6 is 0 Å². The quantitative estimate of drug-likeness (QED) is 0.563. The number of anilines is 2. The van der Waals surface area contributed by atoms with Gasteiger partial charge in [-0.25, -0.2) is 0 Å². The van der Waals surface area contributed by atoms with Crippen molar-refractivity contribution in [3.63, 3.8) is 0 Å². The van der Waals surface area contributed by atoms with E-state index in [-0.39, 0.29) is 5.75 Å². The summed E-state index contributed by atoms with van der Waals surface area (Å²) in [5.41, 5.74) is 5.47. The Hall–Kier alpha value is -3.79. The predicted molar refractivity (Wildman–Crippen MR) is 117 cm³/mol. The Labute approximate surface area is 176 Å². The first-order chi connectivity index (χ1) is 14.5. The number of benzene rings is 2.